The first-order valence-electron chi connectivity index (χ1n) is 7.77. The highest BCUT2D eigenvalue weighted by molar-refractivity contribution is 5.68. The normalized spacial score (nSPS) is 22.7. The summed E-state index contributed by atoms with van der Waals surface area (Å²) in [6.45, 7) is 8.86. The maximum atomic E-state index is 12.0. The average molecular weight is 283 g/mol. The molecule has 0 aromatic heterocycles. The van der Waals surface area contributed by atoms with Gasteiger partial charge >= 0.3 is 6.09 Å². The smallest absolute Gasteiger partial charge is 0.410 e. The van der Waals surface area contributed by atoms with Crippen molar-refractivity contribution in [1.82, 2.24) is 10.2 Å². The van der Waals surface area contributed by atoms with E-state index in [0.29, 0.717) is 6.54 Å². The fourth-order valence-corrected chi connectivity index (χ4v) is 2.58. The van der Waals surface area contributed by atoms with E-state index in [0.717, 1.165) is 38.4 Å². The zero-order chi connectivity index (χ0) is 14.8. The minimum Gasteiger partial charge on any atom is -0.444 e. The van der Waals surface area contributed by atoms with Gasteiger partial charge in [-0.3, -0.25) is 0 Å². The molecule has 1 aliphatic carbocycles. The van der Waals surface area contributed by atoms with Gasteiger partial charge in [0.1, 0.15) is 5.60 Å². The van der Waals surface area contributed by atoms with Gasteiger partial charge in [0, 0.05) is 25.2 Å². The summed E-state index contributed by atoms with van der Waals surface area (Å²) in [5.41, 5.74) is 5.56. The fraction of sp³-hybridized carbons (Fsp3) is 0.933. The maximum absolute atomic E-state index is 12.0. The van der Waals surface area contributed by atoms with Gasteiger partial charge < -0.3 is 20.7 Å². The quantitative estimate of drug-likeness (QED) is 0.824. The molecule has 2 rings (SSSR count). The van der Waals surface area contributed by atoms with E-state index in [1.807, 2.05) is 20.8 Å². The van der Waals surface area contributed by atoms with E-state index in [1.54, 1.807) is 4.90 Å². The van der Waals surface area contributed by atoms with Gasteiger partial charge in [-0.05, 0) is 58.9 Å². The van der Waals surface area contributed by atoms with Crippen molar-refractivity contribution in [3.63, 3.8) is 0 Å². The molecule has 2 aliphatic rings. The first-order chi connectivity index (χ1) is 9.34. The van der Waals surface area contributed by atoms with E-state index in [1.165, 1.54) is 12.8 Å². The zero-order valence-corrected chi connectivity index (χ0v) is 13.1. The number of hydrogen-bond acceptors (Lipinski definition) is 4. The van der Waals surface area contributed by atoms with Gasteiger partial charge in [0.05, 0.1) is 0 Å². The lowest BCUT2D eigenvalue weighted by Crippen LogP contribution is -2.59. The molecule has 20 heavy (non-hydrogen) atoms. The molecule has 0 atom stereocenters. The lowest BCUT2D eigenvalue weighted by atomic mass is 9.87. The average Bonchev–Trinajstić information content (AvgIpc) is 3.19. The maximum Gasteiger partial charge on any atom is 0.410 e. The molecule has 1 amide bonds. The van der Waals surface area contributed by atoms with Crippen molar-refractivity contribution in [1.29, 1.82) is 0 Å². The Kier molecular flexibility index (Phi) is 4.59. The molecule has 0 radical (unpaired) electrons. The molecule has 1 saturated carbocycles. The van der Waals surface area contributed by atoms with E-state index >= 15 is 0 Å². The van der Waals surface area contributed by atoms with Crippen LogP contribution in [0.4, 0.5) is 4.79 Å². The van der Waals surface area contributed by atoms with E-state index in [4.69, 9.17) is 10.5 Å². The van der Waals surface area contributed by atoms with Crippen molar-refractivity contribution in [3.8, 4) is 0 Å². The molecule has 5 nitrogen and oxygen atoms in total. The van der Waals surface area contributed by atoms with Crippen molar-refractivity contribution in [2.75, 3.05) is 26.2 Å². The molecule has 1 heterocycles. The van der Waals surface area contributed by atoms with Gasteiger partial charge in [-0.1, -0.05) is 0 Å². The van der Waals surface area contributed by atoms with Crippen LogP contribution in [-0.2, 0) is 4.74 Å². The van der Waals surface area contributed by atoms with Crippen molar-refractivity contribution >= 4 is 6.09 Å². The number of carbonyl (C=O) groups excluding carboxylic acids is 1. The molecule has 0 unspecified atom stereocenters. The molecular weight excluding hydrogens is 254 g/mol. The van der Waals surface area contributed by atoms with Gasteiger partial charge in [0.15, 0.2) is 0 Å². The number of ether oxygens (including phenoxy) is 1. The van der Waals surface area contributed by atoms with E-state index in [2.05, 4.69) is 5.32 Å². The number of nitrogens with zero attached hydrogens (tertiary/aromatic N) is 1. The number of piperidine rings is 1. The predicted octanol–water partition coefficient (Wildman–Crippen LogP) is 1.71. The molecule has 3 N–H and O–H groups in total. The zero-order valence-electron chi connectivity index (χ0n) is 13.1. The standard InChI is InChI=1S/C15H29N3O2/c1-14(2,3)20-13(19)18-8-6-15(11-16,7-9-18)17-10-12-4-5-12/h12,17H,4-11,16H2,1-3H3. The Bertz CT molecular complexity index is 340. The number of nitrogens with one attached hydrogen (secondary N) is 1. The summed E-state index contributed by atoms with van der Waals surface area (Å²) in [6.07, 6.45) is 4.31. The van der Waals surface area contributed by atoms with Gasteiger partial charge in [-0.15, -0.1) is 0 Å². The largest absolute Gasteiger partial charge is 0.444 e. The molecule has 0 bridgehead atoms. The van der Waals surface area contributed by atoms with Crippen LogP contribution >= 0.6 is 0 Å². The molecule has 116 valence electrons. The molecule has 0 aromatic carbocycles. The highest BCUT2D eigenvalue weighted by Gasteiger charge is 2.37. The third-order valence-electron chi connectivity index (χ3n) is 4.23. The van der Waals surface area contributed by atoms with E-state index in [9.17, 15) is 4.79 Å². The molecule has 1 saturated heterocycles. The summed E-state index contributed by atoms with van der Waals surface area (Å²) in [5.74, 6) is 0.849. The van der Waals surface area contributed by atoms with E-state index < -0.39 is 5.60 Å². The Morgan fingerprint density at radius 1 is 1.35 bits per heavy atom. The Labute approximate surface area is 122 Å². The second-order valence-electron chi connectivity index (χ2n) is 7.28. The number of carbonyl (C=O) groups is 1. The minimum absolute atomic E-state index is 0.0150. The highest BCUT2D eigenvalue weighted by atomic mass is 16.6. The predicted molar refractivity (Wildman–Crippen MR) is 79.6 cm³/mol. The Balaban J connectivity index is 1.81. The molecule has 5 heteroatoms. The number of nitrogens with two attached hydrogens (primary N) is 1. The summed E-state index contributed by atoms with van der Waals surface area (Å²) in [5, 5.41) is 3.65. The van der Waals surface area contributed by atoms with Crippen LogP contribution in [0.3, 0.4) is 0 Å². The van der Waals surface area contributed by atoms with Gasteiger partial charge in [-0.25, -0.2) is 4.79 Å². The Morgan fingerprint density at radius 3 is 2.40 bits per heavy atom. The van der Waals surface area contributed by atoms with Gasteiger partial charge in [0.25, 0.3) is 0 Å². The first kappa shape index (κ1) is 15.6. The van der Waals surface area contributed by atoms with Crippen LogP contribution in [0.25, 0.3) is 0 Å². The topological polar surface area (TPSA) is 67.6 Å². The Morgan fingerprint density at radius 2 is 1.95 bits per heavy atom. The first-order valence-corrected chi connectivity index (χ1v) is 7.77. The molecule has 2 fully saturated rings. The Hall–Kier alpha value is -0.810. The molecular formula is C15H29N3O2. The van der Waals surface area contributed by atoms with Crippen molar-refractivity contribution in [3.05, 3.63) is 0 Å². The summed E-state index contributed by atoms with van der Waals surface area (Å²) in [6, 6.07) is 0. The number of hydrogen-bond donors (Lipinski definition) is 2. The fourth-order valence-electron chi connectivity index (χ4n) is 2.58. The van der Waals surface area contributed by atoms with Gasteiger partial charge in [0.2, 0.25) is 0 Å². The minimum atomic E-state index is -0.427. The molecule has 1 aliphatic heterocycles. The number of likely N-dealkylation sites (tertiary alicyclic amines) is 1. The van der Waals surface area contributed by atoms with Crippen LogP contribution in [0, 0.1) is 5.92 Å². The second kappa shape index (κ2) is 5.90. The van der Waals surface area contributed by atoms with Crippen LogP contribution < -0.4 is 11.1 Å². The SMILES string of the molecule is CC(C)(C)OC(=O)N1CCC(CN)(NCC2CC2)CC1. The third-order valence-corrected chi connectivity index (χ3v) is 4.23. The number of amides is 1. The second-order valence-corrected chi connectivity index (χ2v) is 7.28. The monoisotopic (exact) mass is 283 g/mol. The van der Waals surface area contributed by atoms with Crippen LogP contribution in [0.15, 0.2) is 0 Å². The summed E-state index contributed by atoms with van der Waals surface area (Å²) in [4.78, 5) is 13.8. The van der Waals surface area contributed by atoms with Crippen LogP contribution in [0.1, 0.15) is 46.5 Å². The van der Waals surface area contributed by atoms with E-state index in [-0.39, 0.29) is 11.6 Å². The van der Waals surface area contributed by atoms with Crippen LogP contribution in [0.5, 0.6) is 0 Å². The van der Waals surface area contributed by atoms with Crippen molar-refractivity contribution in [2.24, 2.45) is 11.7 Å². The van der Waals surface area contributed by atoms with Crippen LogP contribution in [-0.4, -0.2) is 48.3 Å². The summed E-state index contributed by atoms with van der Waals surface area (Å²) >= 11 is 0. The number of rotatable bonds is 4. The lowest BCUT2D eigenvalue weighted by molar-refractivity contribution is 0.0151. The molecule has 0 spiro atoms. The van der Waals surface area contributed by atoms with Gasteiger partial charge in [-0.2, -0.15) is 0 Å². The highest BCUT2D eigenvalue weighted by Crippen LogP contribution is 2.30. The third kappa shape index (κ3) is 4.35. The summed E-state index contributed by atoms with van der Waals surface area (Å²) < 4.78 is 5.42. The van der Waals surface area contributed by atoms with Crippen molar-refractivity contribution < 1.29 is 9.53 Å². The van der Waals surface area contributed by atoms with Crippen LogP contribution in [0.2, 0.25) is 0 Å². The lowest BCUT2D eigenvalue weighted by Gasteiger charge is -2.42. The molecule has 0 aromatic rings. The van der Waals surface area contributed by atoms with Crippen molar-refractivity contribution in [2.45, 2.75) is 57.6 Å². The summed E-state index contributed by atoms with van der Waals surface area (Å²) in [7, 11) is 0.